The number of alkyl halides is 3. The van der Waals surface area contributed by atoms with Crippen molar-refractivity contribution in [2.75, 3.05) is 17.3 Å². The Kier molecular flexibility index (Phi) is 6.09. The molecular weight excluding hydrogens is 411 g/mol. The quantitative estimate of drug-likeness (QED) is 0.378. The Morgan fingerprint density at radius 3 is 2.19 bits per heavy atom. The van der Waals surface area contributed by atoms with Crippen LogP contribution in [0.25, 0.3) is 0 Å². The average Bonchev–Trinajstić information content (AvgIpc) is 2.73. The lowest BCUT2D eigenvalue weighted by atomic mass is 10.0. The van der Waals surface area contributed by atoms with Gasteiger partial charge in [0.1, 0.15) is 11.4 Å². The summed E-state index contributed by atoms with van der Waals surface area (Å²) >= 11 is 0. The van der Waals surface area contributed by atoms with Crippen LogP contribution in [-0.4, -0.2) is 21.9 Å². The van der Waals surface area contributed by atoms with E-state index in [0.29, 0.717) is 11.6 Å². The van der Waals surface area contributed by atoms with Gasteiger partial charge in [-0.25, -0.2) is 4.98 Å². The lowest BCUT2D eigenvalue weighted by Crippen LogP contribution is -2.17. The predicted octanol–water partition coefficient (Wildman–Crippen LogP) is 6.04. The third-order valence-electron chi connectivity index (χ3n) is 4.67. The fourth-order valence-corrected chi connectivity index (χ4v) is 2.84. The lowest BCUT2D eigenvalue weighted by molar-refractivity contribution is -0.384. The number of benzene rings is 2. The van der Waals surface area contributed by atoms with Gasteiger partial charge in [-0.1, -0.05) is 26.0 Å². The Hall–Kier alpha value is -3.69. The van der Waals surface area contributed by atoms with Crippen molar-refractivity contribution >= 4 is 28.8 Å². The Bertz CT molecular complexity index is 1070. The minimum Gasteiger partial charge on any atom is -0.340 e. The van der Waals surface area contributed by atoms with Gasteiger partial charge in [-0.3, -0.25) is 10.1 Å². The van der Waals surface area contributed by atoms with Crippen LogP contribution in [0.5, 0.6) is 0 Å². The van der Waals surface area contributed by atoms with Crippen LogP contribution in [0.15, 0.2) is 54.7 Å². The zero-order valence-electron chi connectivity index (χ0n) is 17.0. The highest BCUT2D eigenvalue weighted by Gasteiger charge is 2.35. The van der Waals surface area contributed by atoms with Gasteiger partial charge >= 0.3 is 6.18 Å². The van der Waals surface area contributed by atoms with E-state index in [1.54, 1.807) is 11.9 Å². The van der Waals surface area contributed by atoms with E-state index in [9.17, 15) is 23.3 Å². The summed E-state index contributed by atoms with van der Waals surface area (Å²) in [6, 6.07) is 12.6. The van der Waals surface area contributed by atoms with Crippen molar-refractivity contribution in [3.05, 3.63) is 76.0 Å². The summed E-state index contributed by atoms with van der Waals surface area (Å²) in [5, 5.41) is 13.4. The van der Waals surface area contributed by atoms with Crippen LogP contribution < -0.4 is 10.2 Å². The van der Waals surface area contributed by atoms with Crippen LogP contribution in [-0.2, 0) is 6.18 Å². The van der Waals surface area contributed by atoms with E-state index in [0.717, 1.165) is 11.8 Å². The summed E-state index contributed by atoms with van der Waals surface area (Å²) in [7, 11) is 1.66. The Labute approximate surface area is 176 Å². The summed E-state index contributed by atoms with van der Waals surface area (Å²) in [6.07, 6.45) is -3.96. The van der Waals surface area contributed by atoms with Gasteiger partial charge in [0.2, 0.25) is 5.95 Å². The van der Waals surface area contributed by atoms with Crippen molar-refractivity contribution in [2.45, 2.75) is 25.9 Å². The zero-order valence-corrected chi connectivity index (χ0v) is 17.0. The number of nitrogens with one attached hydrogen (secondary N) is 1. The number of halogens is 3. The minimum absolute atomic E-state index is 0.0645. The summed E-state index contributed by atoms with van der Waals surface area (Å²) in [6.45, 7) is 4.13. The van der Waals surface area contributed by atoms with Crippen molar-refractivity contribution < 1.29 is 18.1 Å². The number of hydrogen-bond acceptors (Lipinski definition) is 6. The van der Waals surface area contributed by atoms with E-state index < -0.39 is 22.5 Å². The van der Waals surface area contributed by atoms with Crippen molar-refractivity contribution in [2.24, 2.45) is 0 Å². The Morgan fingerprint density at radius 2 is 1.68 bits per heavy atom. The van der Waals surface area contributed by atoms with E-state index in [2.05, 4.69) is 29.1 Å². The first-order chi connectivity index (χ1) is 14.6. The first-order valence-corrected chi connectivity index (χ1v) is 9.35. The first kappa shape index (κ1) is 22.0. The second kappa shape index (κ2) is 8.58. The number of hydrogen-bond donors (Lipinski definition) is 1. The maximum Gasteiger partial charge on any atom is 0.421 e. The lowest BCUT2D eigenvalue weighted by Gasteiger charge is -2.20. The number of nitrogens with zero attached hydrogens (tertiary/aromatic N) is 4. The van der Waals surface area contributed by atoms with Gasteiger partial charge in [0.25, 0.3) is 5.69 Å². The van der Waals surface area contributed by atoms with Crippen LogP contribution in [0.4, 0.5) is 42.0 Å². The number of nitro benzene ring substituents is 1. The molecule has 0 saturated carbocycles. The maximum atomic E-state index is 13.5. The van der Waals surface area contributed by atoms with Gasteiger partial charge in [-0.05, 0) is 35.7 Å². The molecule has 1 N–H and O–H groups in total. The molecule has 7 nitrogen and oxygen atoms in total. The van der Waals surface area contributed by atoms with Gasteiger partial charge in [0.15, 0.2) is 0 Å². The molecule has 0 saturated heterocycles. The largest absolute Gasteiger partial charge is 0.421 e. The average molecular weight is 431 g/mol. The third-order valence-corrected chi connectivity index (χ3v) is 4.67. The van der Waals surface area contributed by atoms with E-state index in [1.165, 1.54) is 24.3 Å². The summed E-state index contributed by atoms with van der Waals surface area (Å²) in [5.74, 6) is -0.0362. The molecule has 0 amide bonds. The molecule has 31 heavy (non-hydrogen) atoms. The highest BCUT2D eigenvalue weighted by molar-refractivity contribution is 5.64. The second-order valence-electron chi connectivity index (χ2n) is 7.16. The summed E-state index contributed by atoms with van der Waals surface area (Å²) in [5.41, 5.74) is 0.855. The van der Waals surface area contributed by atoms with Gasteiger partial charge in [-0.15, -0.1) is 0 Å². The monoisotopic (exact) mass is 431 g/mol. The van der Waals surface area contributed by atoms with Crippen LogP contribution in [0.3, 0.4) is 0 Å². The molecule has 3 rings (SSSR count). The van der Waals surface area contributed by atoms with Crippen LogP contribution in [0.1, 0.15) is 30.9 Å². The Balaban J connectivity index is 1.95. The maximum absolute atomic E-state index is 13.5. The predicted molar refractivity (Wildman–Crippen MR) is 112 cm³/mol. The number of anilines is 4. The molecule has 0 radical (unpaired) electrons. The minimum atomic E-state index is -4.68. The molecule has 10 heteroatoms. The smallest absolute Gasteiger partial charge is 0.340 e. The molecule has 0 unspecified atom stereocenters. The molecule has 2 aromatic carbocycles. The van der Waals surface area contributed by atoms with Gasteiger partial charge in [-0.2, -0.15) is 18.2 Å². The molecule has 0 bridgehead atoms. The van der Waals surface area contributed by atoms with Gasteiger partial charge in [0, 0.05) is 36.8 Å². The molecule has 3 aromatic rings. The van der Waals surface area contributed by atoms with Crippen molar-refractivity contribution in [1.29, 1.82) is 0 Å². The Morgan fingerprint density at radius 1 is 1.06 bits per heavy atom. The highest BCUT2D eigenvalue weighted by atomic mass is 19.4. The summed E-state index contributed by atoms with van der Waals surface area (Å²) < 4.78 is 40.4. The standard InChI is InChI=1S/C21H20F3N5O2/c1-13(2)14-4-8-16(9-5-14)28(3)20-25-12-18(21(22,23)24)19(27-20)26-15-6-10-17(11-7-15)29(30)31/h4-13H,1-3H3,(H,25,26,27). The van der Waals surface area contributed by atoms with Gasteiger partial charge in [0.05, 0.1) is 4.92 Å². The number of rotatable bonds is 6. The number of non-ortho nitro benzene ring substituents is 1. The molecule has 1 heterocycles. The fourth-order valence-electron chi connectivity index (χ4n) is 2.84. The normalized spacial score (nSPS) is 11.5. The molecule has 0 aliphatic rings. The van der Waals surface area contributed by atoms with Crippen molar-refractivity contribution in [3.8, 4) is 0 Å². The van der Waals surface area contributed by atoms with E-state index in [4.69, 9.17) is 0 Å². The summed E-state index contributed by atoms with van der Waals surface area (Å²) in [4.78, 5) is 19.7. The zero-order chi connectivity index (χ0) is 22.8. The topological polar surface area (TPSA) is 84.2 Å². The molecule has 1 aromatic heterocycles. The molecule has 0 atom stereocenters. The van der Waals surface area contributed by atoms with Crippen LogP contribution in [0.2, 0.25) is 0 Å². The van der Waals surface area contributed by atoms with E-state index >= 15 is 0 Å². The van der Waals surface area contributed by atoms with E-state index in [-0.39, 0.29) is 17.3 Å². The van der Waals surface area contributed by atoms with Crippen LogP contribution in [0, 0.1) is 10.1 Å². The SMILES string of the molecule is CC(C)c1ccc(N(C)c2ncc(C(F)(F)F)c(Nc3ccc([N+](=O)[O-])cc3)n2)cc1. The van der Waals surface area contributed by atoms with Crippen LogP contribution >= 0.6 is 0 Å². The molecular formula is C21H20F3N5O2. The molecule has 162 valence electrons. The van der Waals surface area contributed by atoms with Crippen molar-refractivity contribution in [3.63, 3.8) is 0 Å². The van der Waals surface area contributed by atoms with Gasteiger partial charge < -0.3 is 10.2 Å². The van der Waals surface area contributed by atoms with E-state index in [1.807, 2.05) is 24.3 Å². The van der Waals surface area contributed by atoms with Crippen molar-refractivity contribution in [1.82, 2.24) is 9.97 Å². The molecule has 0 fully saturated rings. The number of nitro groups is 1. The molecule has 0 aliphatic carbocycles. The number of aromatic nitrogens is 2. The highest BCUT2D eigenvalue weighted by Crippen LogP contribution is 2.36. The fraction of sp³-hybridized carbons (Fsp3) is 0.238. The molecule has 0 spiro atoms. The molecule has 0 aliphatic heterocycles. The first-order valence-electron chi connectivity index (χ1n) is 9.35. The second-order valence-corrected chi connectivity index (χ2v) is 7.16. The third kappa shape index (κ3) is 5.08.